The molecule has 2 heterocycles. The van der Waals surface area contributed by atoms with Crippen LogP contribution in [0.5, 0.6) is 0 Å². The van der Waals surface area contributed by atoms with Crippen molar-refractivity contribution in [3.63, 3.8) is 0 Å². The van der Waals surface area contributed by atoms with Crippen molar-refractivity contribution in [3.8, 4) is 0 Å². The molecule has 1 aliphatic heterocycles. The quantitative estimate of drug-likeness (QED) is 0.714. The second kappa shape index (κ2) is 5.84. The molecule has 0 bridgehead atoms. The maximum atomic E-state index is 12.7. The number of halogens is 1. The molecule has 2 aromatic carbocycles. The van der Waals surface area contributed by atoms with Crippen molar-refractivity contribution < 1.29 is 4.42 Å². The fourth-order valence-electron chi connectivity index (χ4n) is 3.18. The van der Waals surface area contributed by atoms with Crippen molar-refractivity contribution >= 4 is 22.6 Å². The van der Waals surface area contributed by atoms with Crippen molar-refractivity contribution in [1.82, 2.24) is 4.90 Å². The number of benzene rings is 2. The molecule has 0 fully saturated rings. The Bertz CT molecular complexity index is 932. The van der Waals surface area contributed by atoms with E-state index in [1.54, 1.807) is 24.5 Å². The van der Waals surface area contributed by atoms with Gasteiger partial charge in [-0.05, 0) is 35.7 Å². The molecule has 3 aromatic rings. The first kappa shape index (κ1) is 14.5. The Morgan fingerprint density at radius 3 is 2.83 bits per heavy atom. The van der Waals surface area contributed by atoms with E-state index < -0.39 is 0 Å². The first-order chi connectivity index (χ1) is 11.2. The summed E-state index contributed by atoms with van der Waals surface area (Å²) in [6.45, 7) is 2.41. The molecule has 0 amide bonds. The van der Waals surface area contributed by atoms with E-state index in [4.69, 9.17) is 16.0 Å². The largest absolute Gasteiger partial charge is 0.464 e. The van der Waals surface area contributed by atoms with Crippen LogP contribution in [0.1, 0.15) is 16.7 Å². The standard InChI is InChI=1S/C19H16ClNO2/c20-16-5-6-18-17(9-16)19(22)15(12-23-18)11-21-8-7-13-3-1-2-4-14(13)10-21/h1-6,9,12H,7-8,10-11H2. The van der Waals surface area contributed by atoms with Gasteiger partial charge in [-0.25, -0.2) is 0 Å². The molecule has 0 N–H and O–H groups in total. The van der Waals surface area contributed by atoms with Gasteiger partial charge in [-0.2, -0.15) is 0 Å². The molecular weight excluding hydrogens is 310 g/mol. The third-order valence-electron chi connectivity index (χ3n) is 4.41. The molecule has 0 atom stereocenters. The van der Waals surface area contributed by atoms with Crippen LogP contribution in [-0.4, -0.2) is 11.4 Å². The van der Waals surface area contributed by atoms with Crippen molar-refractivity contribution in [2.75, 3.05) is 6.54 Å². The summed E-state index contributed by atoms with van der Waals surface area (Å²) in [7, 11) is 0. The molecule has 0 aliphatic carbocycles. The maximum absolute atomic E-state index is 12.7. The van der Waals surface area contributed by atoms with E-state index in [0.717, 1.165) is 19.5 Å². The summed E-state index contributed by atoms with van der Waals surface area (Å²) in [5.74, 6) is 0. The minimum atomic E-state index is 0.00705. The zero-order valence-electron chi connectivity index (χ0n) is 12.6. The van der Waals surface area contributed by atoms with Crippen LogP contribution in [-0.2, 0) is 19.5 Å². The molecule has 1 aliphatic rings. The zero-order valence-corrected chi connectivity index (χ0v) is 13.3. The van der Waals surface area contributed by atoms with Crippen LogP contribution in [0.25, 0.3) is 11.0 Å². The highest BCUT2D eigenvalue weighted by Crippen LogP contribution is 2.21. The van der Waals surface area contributed by atoms with Gasteiger partial charge in [0, 0.05) is 30.2 Å². The summed E-state index contributed by atoms with van der Waals surface area (Å²) in [6.07, 6.45) is 2.60. The fourth-order valence-corrected chi connectivity index (χ4v) is 3.35. The SMILES string of the molecule is O=c1c(CN2CCc3ccccc3C2)coc2ccc(Cl)cc12. The van der Waals surface area contributed by atoms with Crippen LogP contribution < -0.4 is 5.43 Å². The summed E-state index contributed by atoms with van der Waals surface area (Å²) in [5.41, 5.74) is 4.01. The Kier molecular flexibility index (Phi) is 3.68. The first-order valence-corrected chi connectivity index (χ1v) is 8.07. The van der Waals surface area contributed by atoms with Crippen molar-refractivity contribution in [2.45, 2.75) is 19.5 Å². The summed E-state index contributed by atoms with van der Waals surface area (Å²) in [6, 6.07) is 13.6. The highest BCUT2D eigenvalue weighted by Gasteiger charge is 2.18. The molecule has 0 spiro atoms. The van der Waals surface area contributed by atoms with E-state index in [2.05, 4.69) is 29.2 Å². The van der Waals surface area contributed by atoms with Gasteiger partial charge >= 0.3 is 0 Å². The second-order valence-electron chi connectivity index (χ2n) is 5.96. The highest BCUT2D eigenvalue weighted by atomic mass is 35.5. The third kappa shape index (κ3) is 2.78. The Hall–Kier alpha value is -2.10. The predicted molar refractivity (Wildman–Crippen MR) is 91.8 cm³/mol. The maximum Gasteiger partial charge on any atom is 0.197 e. The second-order valence-corrected chi connectivity index (χ2v) is 6.40. The smallest absolute Gasteiger partial charge is 0.197 e. The fraction of sp³-hybridized carbons (Fsp3) is 0.211. The van der Waals surface area contributed by atoms with Gasteiger partial charge in [0.05, 0.1) is 11.6 Å². The van der Waals surface area contributed by atoms with Gasteiger partial charge in [0.25, 0.3) is 0 Å². The summed E-state index contributed by atoms with van der Waals surface area (Å²) in [5, 5.41) is 1.10. The number of fused-ring (bicyclic) bond motifs is 2. The monoisotopic (exact) mass is 325 g/mol. The lowest BCUT2D eigenvalue weighted by atomic mass is 9.99. The van der Waals surface area contributed by atoms with Gasteiger partial charge < -0.3 is 4.42 Å². The minimum absolute atomic E-state index is 0.00705. The average Bonchev–Trinajstić information content (AvgIpc) is 2.58. The number of nitrogens with zero attached hydrogens (tertiary/aromatic N) is 1. The van der Waals surface area contributed by atoms with Crippen molar-refractivity contribution in [1.29, 1.82) is 0 Å². The van der Waals surface area contributed by atoms with E-state index >= 15 is 0 Å². The van der Waals surface area contributed by atoms with Crippen LogP contribution in [0.15, 0.2) is 57.9 Å². The van der Waals surface area contributed by atoms with Crippen LogP contribution in [0.4, 0.5) is 0 Å². The van der Waals surface area contributed by atoms with Gasteiger partial charge in [-0.15, -0.1) is 0 Å². The lowest BCUT2D eigenvalue weighted by molar-refractivity contribution is 0.243. The topological polar surface area (TPSA) is 33.5 Å². The Morgan fingerprint density at radius 2 is 1.96 bits per heavy atom. The minimum Gasteiger partial charge on any atom is -0.464 e. The lowest BCUT2D eigenvalue weighted by Gasteiger charge is -2.28. The Balaban J connectivity index is 1.64. The van der Waals surface area contributed by atoms with Gasteiger partial charge in [0.15, 0.2) is 5.43 Å². The molecule has 4 rings (SSSR count). The summed E-state index contributed by atoms with van der Waals surface area (Å²) >= 11 is 6.00. The van der Waals surface area contributed by atoms with E-state index in [9.17, 15) is 4.79 Å². The summed E-state index contributed by atoms with van der Waals surface area (Å²) < 4.78 is 5.60. The third-order valence-corrected chi connectivity index (χ3v) is 4.64. The zero-order chi connectivity index (χ0) is 15.8. The van der Waals surface area contributed by atoms with Gasteiger partial charge in [-0.3, -0.25) is 9.69 Å². The molecule has 23 heavy (non-hydrogen) atoms. The molecule has 3 nitrogen and oxygen atoms in total. The highest BCUT2D eigenvalue weighted by molar-refractivity contribution is 6.31. The van der Waals surface area contributed by atoms with Crippen molar-refractivity contribution in [3.05, 3.63) is 80.7 Å². The van der Waals surface area contributed by atoms with E-state index in [0.29, 0.717) is 28.1 Å². The Labute approximate surface area is 139 Å². The average molecular weight is 326 g/mol. The van der Waals surface area contributed by atoms with Crippen LogP contribution in [0, 0.1) is 0 Å². The predicted octanol–water partition coefficient (Wildman–Crippen LogP) is 4.00. The van der Waals surface area contributed by atoms with Crippen LogP contribution in [0.3, 0.4) is 0 Å². The van der Waals surface area contributed by atoms with Crippen molar-refractivity contribution in [2.24, 2.45) is 0 Å². The molecule has 0 saturated carbocycles. The molecule has 0 unspecified atom stereocenters. The van der Waals surface area contributed by atoms with Gasteiger partial charge in [0.2, 0.25) is 0 Å². The van der Waals surface area contributed by atoms with Crippen LogP contribution in [0.2, 0.25) is 5.02 Å². The summed E-state index contributed by atoms with van der Waals surface area (Å²) in [4.78, 5) is 14.9. The van der Waals surface area contributed by atoms with E-state index in [1.807, 2.05) is 0 Å². The van der Waals surface area contributed by atoms with E-state index in [-0.39, 0.29) is 5.43 Å². The Morgan fingerprint density at radius 1 is 1.13 bits per heavy atom. The van der Waals surface area contributed by atoms with E-state index in [1.165, 1.54) is 11.1 Å². The molecule has 116 valence electrons. The van der Waals surface area contributed by atoms with Crippen LogP contribution >= 0.6 is 11.6 Å². The number of hydrogen-bond acceptors (Lipinski definition) is 3. The van der Waals surface area contributed by atoms with Gasteiger partial charge in [-0.1, -0.05) is 35.9 Å². The molecular formula is C19H16ClNO2. The molecule has 0 saturated heterocycles. The molecule has 0 radical (unpaired) electrons. The first-order valence-electron chi connectivity index (χ1n) is 7.70. The molecule has 1 aromatic heterocycles. The number of hydrogen-bond donors (Lipinski definition) is 0. The lowest BCUT2D eigenvalue weighted by Crippen LogP contribution is -2.31. The van der Waals surface area contributed by atoms with Gasteiger partial charge in [0.1, 0.15) is 5.58 Å². The molecule has 4 heteroatoms. The number of rotatable bonds is 2. The normalized spacial score (nSPS) is 14.8.